The van der Waals surface area contributed by atoms with Crippen molar-refractivity contribution in [1.82, 2.24) is 10.6 Å². The summed E-state index contributed by atoms with van der Waals surface area (Å²) in [7, 11) is 0. The predicted octanol–water partition coefficient (Wildman–Crippen LogP) is 0.545. The van der Waals surface area contributed by atoms with Crippen molar-refractivity contribution >= 4 is 17.9 Å². The molecule has 0 aliphatic rings. The van der Waals surface area contributed by atoms with Crippen molar-refractivity contribution in [2.75, 3.05) is 13.1 Å². The van der Waals surface area contributed by atoms with Crippen LogP contribution in [-0.4, -0.2) is 24.9 Å². The quantitative estimate of drug-likeness (QED) is 0.714. The van der Waals surface area contributed by atoms with Crippen LogP contribution in [0.1, 0.15) is 12.7 Å². The van der Waals surface area contributed by atoms with Crippen LogP contribution < -0.4 is 10.6 Å². The van der Waals surface area contributed by atoms with E-state index in [0.717, 1.165) is 0 Å². The maximum atomic E-state index is 11.2. The van der Waals surface area contributed by atoms with E-state index in [1.165, 1.54) is 18.4 Å². The van der Waals surface area contributed by atoms with Gasteiger partial charge in [-0.15, -0.1) is 0 Å². The maximum absolute atomic E-state index is 11.2. The van der Waals surface area contributed by atoms with Gasteiger partial charge in [-0.05, 0) is 25.1 Å². The minimum atomic E-state index is -0.331. The summed E-state index contributed by atoms with van der Waals surface area (Å²) in [5.74, 6) is 0.0538. The Kier molecular flexibility index (Phi) is 4.85. The highest BCUT2D eigenvalue weighted by atomic mass is 16.3. The molecule has 1 heterocycles. The Hall–Kier alpha value is -2.04. The van der Waals surface area contributed by atoms with Gasteiger partial charge in [0.1, 0.15) is 5.76 Å². The van der Waals surface area contributed by atoms with Crippen molar-refractivity contribution in [3.8, 4) is 0 Å². The van der Waals surface area contributed by atoms with Crippen LogP contribution in [0.5, 0.6) is 0 Å². The molecule has 0 bridgehead atoms. The molecule has 0 saturated heterocycles. The van der Waals surface area contributed by atoms with Crippen molar-refractivity contribution in [3.63, 3.8) is 0 Å². The van der Waals surface area contributed by atoms with Crippen molar-refractivity contribution in [3.05, 3.63) is 30.2 Å². The van der Waals surface area contributed by atoms with E-state index in [-0.39, 0.29) is 18.4 Å². The number of hydrogen-bond acceptors (Lipinski definition) is 3. The van der Waals surface area contributed by atoms with Crippen LogP contribution in [-0.2, 0) is 9.59 Å². The van der Waals surface area contributed by atoms with Crippen molar-refractivity contribution in [2.24, 2.45) is 0 Å². The van der Waals surface area contributed by atoms with Crippen LogP contribution in [0.2, 0.25) is 0 Å². The fraction of sp³-hybridized carbons (Fsp3) is 0.273. The molecule has 16 heavy (non-hydrogen) atoms. The highest BCUT2D eigenvalue weighted by Crippen LogP contribution is 2.01. The number of furan rings is 1. The molecule has 0 fully saturated rings. The molecule has 0 spiro atoms. The molecule has 0 saturated carbocycles. The Bertz CT molecular complexity index is 369. The fourth-order valence-electron chi connectivity index (χ4n) is 1.03. The summed E-state index contributed by atoms with van der Waals surface area (Å²) >= 11 is 0. The van der Waals surface area contributed by atoms with Gasteiger partial charge in [-0.2, -0.15) is 0 Å². The van der Waals surface area contributed by atoms with Gasteiger partial charge in [0.2, 0.25) is 11.8 Å². The smallest absolute Gasteiger partial charge is 0.244 e. The standard InChI is InChI=1S/C11H14N2O3/c1-2-12-11(15)8-13-10(14)6-5-9-4-3-7-16-9/h3-7H,2,8H2,1H3,(H,12,15)(H,13,14)/b6-5+. The molecular formula is C11H14N2O3. The molecule has 0 aliphatic carbocycles. The third-order valence-corrected chi connectivity index (χ3v) is 1.74. The first-order valence-electron chi connectivity index (χ1n) is 4.98. The fourth-order valence-corrected chi connectivity index (χ4v) is 1.03. The summed E-state index contributed by atoms with van der Waals surface area (Å²) in [5, 5.41) is 5.02. The third kappa shape index (κ3) is 4.45. The Morgan fingerprint density at radius 1 is 1.44 bits per heavy atom. The molecule has 1 rings (SSSR count). The van der Waals surface area contributed by atoms with Gasteiger partial charge in [0.25, 0.3) is 0 Å². The normalized spacial score (nSPS) is 10.3. The van der Waals surface area contributed by atoms with Crippen LogP contribution in [0, 0.1) is 0 Å². The lowest BCUT2D eigenvalue weighted by molar-refractivity contribution is -0.123. The molecular weight excluding hydrogens is 208 g/mol. The summed E-state index contributed by atoms with van der Waals surface area (Å²) < 4.78 is 5.00. The van der Waals surface area contributed by atoms with Crippen LogP contribution >= 0.6 is 0 Å². The number of amides is 2. The second-order valence-electron chi connectivity index (χ2n) is 3.02. The van der Waals surface area contributed by atoms with E-state index in [2.05, 4.69) is 10.6 Å². The van der Waals surface area contributed by atoms with Gasteiger partial charge in [-0.3, -0.25) is 9.59 Å². The Morgan fingerprint density at radius 2 is 2.25 bits per heavy atom. The summed E-state index contributed by atoms with van der Waals surface area (Å²) in [6.07, 6.45) is 4.37. The average molecular weight is 222 g/mol. The average Bonchev–Trinajstić information content (AvgIpc) is 2.77. The Labute approximate surface area is 93.5 Å². The summed E-state index contributed by atoms with van der Waals surface area (Å²) in [6, 6.07) is 3.46. The number of likely N-dealkylation sites (N-methyl/N-ethyl adjacent to an activating group) is 1. The zero-order chi connectivity index (χ0) is 11.8. The summed E-state index contributed by atoms with van der Waals surface area (Å²) in [4.78, 5) is 22.2. The number of nitrogens with one attached hydrogen (secondary N) is 2. The highest BCUT2D eigenvalue weighted by molar-refractivity contribution is 5.93. The zero-order valence-corrected chi connectivity index (χ0v) is 9.03. The van der Waals surface area contributed by atoms with E-state index in [1.54, 1.807) is 12.1 Å². The van der Waals surface area contributed by atoms with Gasteiger partial charge in [-0.25, -0.2) is 0 Å². The van der Waals surface area contributed by atoms with Gasteiger partial charge >= 0.3 is 0 Å². The third-order valence-electron chi connectivity index (χ3n) is 1.74. The van der Waals surface area contributed by atoms with Gasteiger partial charge in [-0.1, -0.05) is 0 Å². The van der Waals surface area contributed by atoms with E-state index in [4.69, 9.17) is 4.42 Å². The lowest BCUT2D eigenvalue weighted by atomic mass is 10.4. The Morgan fingerprint density at radius 3 is 2.88 bits per heavy atom. The molecule has 1 aromatic heterocycles. The molecule has 86 valence electrons. The SMILES string of the molecule is CCNC(=O)CNC(=O)/C=C/c1ccco1. The minimum Gasteiger partial charge on any atom is -0.465 e. The van der Waals surface area contributed by atoms with Gasteiger partial charge in [0.15, 0.2) is 0 Å². The first-order valence-corrected chi connectivity index (χ1v) is 4.98. The maximum Gasteiger partial charge on any atom is 0.244 e. The number of hydrogen-bond donors (Lipinski definition) is 2. The van der Waals surface area contributed by atoms with Gasteiger partial charge < -0.3 is 15.1 Å². The molecule has 1 aromatic rings. The summed E-state index contributed by atoms with van der Waals surface area (Å²) in [6.45, 7) is 2.35. The second-order valence-corrected chi connectivity index (χ2v) is 3.02. The van der Waals surface area contributed by atoms with Crippen LogP contribution in [0.25, 0.3) is 6.08 Å². The molecule has 0 atom stereocenters. The van der Waals surface area contributed by atoms with Crippen molar-refractivity contribution in [1.29, 1.82) is 0 Å². The molecule has 0 aliphatic heterocycles. The molecule has 5 heteroatoms. The molecule has 2 amide bonds. The monoisotopic (exact) mass is 222 g/mol. The number of rotatable bonds is 5. The number of carbonyl (C=O) groups excluding carboxylic acids is 2. The lowest BCUT2D eigenvalue weighted by Crippen LogP contribution is -2.35. The van der Waals surface area contributed by atoms with Gasteiger partial charge in [0.05, 0.1) is 12.8 Å². The van der Waals surface area contributed by atoms with Gasteiger partial charge in [0, 0.05) is 12.6 Å². The summed E-state index contributed by atoms with van der Waals surface area (Å²) in [5.41, 5.74) is 0. The van der Waals surface area contributed by atoms with Crippen molar-refractivity contribution in [2.45, 2.75) is 6.92 Å². The zero-order valence-electron chi connectivity index (χ0n) is 9.03. The predicted molar refractivity (Wildman–Crippen MR) is 59.4 cm³/mol. The number of carbonyl (C=O) groups is 2. The topological polar surface area (TPSA) is 71.3 Å². The molecule has 2 N–H and O–H groups in total. The van der Waals surface area contributed by atoms with Crippen LogP contribution in [0.4, 0.5) is 0 Å². The van der Waals surface area contributed by atoms with E-state index in [1.807, 2.05) is 6.92 Å². The van der Waals surface area contributed by atoms with E-state index < -0.39 is 0 Å². The molecule has 0 radical (unpaired) electrons. The van der Waals surface area contributed by atoms with Crippen LogP contribution in [0.3, 0.4) is 0 Å². The highest BCUT2D eigenvalue weighted by Gasteiger charge is 2.00. The molecule has 5 nitrogen and oxygen atoms in total. The second kappa shape index (κ2) is 6.44. The molecule has 0 aromatic carbocycles. The molecule has 0 unspecified atom stereocenters. The van der Waals surface area contributed by atoms with Crippen molar-refractivity contribution < 1.29 is 14.0 Å². The first-order chi connectivity index (χ1) is 7.72. The van der Waals surface area contributed by atoms with E-state index in [9.17, 15) is 9.59 Å². The van der Waals surface area contributed by atoms with E-state index in [0.29, 0.717) is 12.3 Å². The Balaban J connectivity index is 2.28. The first kappa shape index (κ1) is 12.0. The minimum absolute atomic E-state index is 0.0187. The lowest BCUT2D eigenvalue weighted by Gasteiger charge is -2.01. The largest absolute Gasteiger partial charge is 0.465 e. The van der Waals surface area contributed by atoms with Crippen LogP contribution in [0.15, 0.2) is 28.9 Å². The van der Waals surface area contributed by atoms with E-state index >= 15 is 0 Å².